The van der Waals surface area contributed by atoms with Crippen LogP contribution in [0.4, 0.5) is 0 Å². The van der Waals surface area contributed by atoms with Crippen molar-refractivity contribution >= 4 is 26.8 Å². The first-order chi connectivity index (χ1) is 8.78. The zero-order valence-electron chi connectivity index (χ0n) is 10.3. The molecule has 0 bridgehead atoms. The Balaban J connectivity index is 1.96. The fourth-order valence-electron chi connectivity index (χ4n) is 2.22. The Morgan fingerprint density at radius 3 is 3.00 bits per heavy atom. The molecule has 0 amide bonds. The number of fused-ring (bicyclic) bond motifs is 1. The molecular weight excluding hydrogens is 294 g/mol. The summed E-state index contributed by atoms with van der Waals surface area (Å²) in [7, 11) is 0. The summed E-state index contributed by atoms with van der Waals surface area (Å²) in [5.74, 6) is 1.60. The predicted molar refractivity (Wildman–Crippen MR) is 75.0 cm³/mol. The van der Waals surface area contributed by atoms with Gasteiger partial charge in [0.15, 0.2) is 0 Å². The van der Waals surface area contributed by atoms with Crippen molar-refractivity contribution in [3.8, 4) is 5.75 Å². The highest BCUT2D eigenvalue weighted by Gasteiger charge is 2.18. The average Bonchev–Trinajstić information content (AvgIpc) is 2.71. The SMILES string of the molecule is CCOc1c(Br)ccc2nn(CC3CNC3)cc12. The molecule has 18 heavy (non-hydrogen) atoms. The van der Waals surface area contributed by atoms with Gasteiger partial charge in [-0.3, -0.25) is 4.68 Å². The van der Waals surface area contributed by atoms with Gasteiger partial charge in [-0.15, -0.1) is 0 Å². The maximum absolute atomic E-state index is 5.70. The molecule has 0 unspecified atom stereocenters. The Kier molecular flexibility index (Phi) is 3.26. The van der Waals surface area contributed by atoms with Crippen LogP contribution in [0.5, 0.6) is 5.75 Å². The van der Waals surface area contributed by atoms with Gasteiger partial charge < -0.3 is 10.1 Å². The molecule has 1 aromatic heterocycles. The standard InChI is InChI=1S/C13H16BrN3O/c1-2-18-13-10-8-17(7-9-5-15-6-9)16-12(10)4-3-11(13)14/h3-4,8-9,15H,2,5-7H2,1H3. The van der Waals surface area contributed by atoms with E-state index in [2.05, 4.69) is 32.5 Å². The molecule has 1 aromatic carbocycles. The molecule has 2 aromatic rings. The molecule has 1 saturated heterocycles. The molecule has 0 aliphatic carbocycles. The van der Waals surface area contributed by atoms with Gasteiger partial charge in [0, 0.05) is 31.7 Å². The van der Waals surface area contributed by atoms with Gasteiger partial charge in [0.25, 0.3) is 0 Å². The second-order valence-corrected chi connectivity index (χ2v) is 5.47. The Morgan fingerprint density at radius 2 is 2.33 bits per heavy atom. The number of hydrogen-bond donors (Lipinski definition) is 1. The third kappa shape index (κ3) is 2.12. The van der Waals surface area contributed by atoms with Gasteiger partial charge in [0.2, 0.25) is 0 Å². The van der Waals surface area contributed by atoms with Gasteiger partial charge in [-0.25, -0.2) is 0 Å². The maximum Gasteiger partial charge on any atom is 0.144 e. The van der Waals surface area contributed by atoms with Gasteiger partial charge in [0.1, 0.15) is 5.75 Å². The second kappa shape index (κ2) is 4.90. The van der Waals surface area contributed by atoms with E-state index < -0.39 is 0 Å². The van der Waals surface area contributed by atoms with Crippen LogP contribution in [0.2, 0.25) is 0 Å². The largest absolute Gasteiger partial charge is 0.492 e. The van der Waals surface area contributed by atoms with E-state index in [-0.39, 0.29) is 0 Å². The monoisotopic (exact) mass is 309 g/mol. The third-order valence-electron chi connectivity index (χ3n) is 3.24. The number of halogens is 1. The highest BCUT2D eigenvalue weighted by Crippen LogP contribution is 2.33. The van der Waals surface area contributed by atoms with Crippen LogP contribution < -0.4 is 10.1 Å². The molecule has 1 N–H and O–H groups in total. The van der Waals surface area contributed by atoms with Gasteiger partial charge in [-0.1, -0.05) is 0 Å². The fourth-order valence-corrected chi connectivity index (χ4v) is 2.68. The number of nitrogens with one attached hydrogen (secondary N) is 1. The Labute approximate surface area is 114 Å². The minimum atomic E-state index is 0.662. The summed E-state index contributed by atoms with van der Waals surface area (Å²) in [4.78, 5) is 0. The molecule has 1 fully saturated rings. The molecule has 3 rings (SSSR count). The fraction of sp³-hybridized carbons (Fsp3) is 0.462. The van der Waals surface area contributed by atoms with E-state index in [0.29, 0.717) is 12.5 Å². The van der Waals surface area contributed by atoms with E-state index in [9.17, 15) is 0 Å². The van der Waals surface area contributed by atoms with Crippen LogP contribution in [0, 0.1) is 5.92 Å². The Hall–Kier alpha value is -1.07. The summed E-state index contributed by atoms with van der Waals surface area (Å²) in [6.07, 6.45) is 2.09. The zero-order valence-corrected chi connectivity index (χ0v) is 11.9. The molecule has 5 heteroatoms. The summed E-state index contributed by atoms with van der Waals surface area (Å²) >= 11 is 3.53. The normalized spacial score (nSPS) is 15.9. The molecule has 0 atom stereocenters. The first-order valence-electron chi connectivity index (χ1n) is 6.27. The minimum Gasteiger partial charge on any atom is -0.492 e. The summed E-state index contributed by atoms with van der Waals surface area (Å²) in [5, 5.41) is 8.97. The first-order valence-corrected chi connectivity index (χ1v) is 7.06. The van der Waals surface area contributed by atoms with Gasteiger partial charge in [-0.2, -0.15) is 5.10 Å². The summed E-state index contributed by atoms with van der Waals surface area (Å²) < 4.78 is 8.72. The highest BCUT2D eigenvalue weighted by atomic mass is 79.9. The maximum atomic E-state index is 5.70. The van der Waals surface area contributed by atoms with Crippen molar-refractivity contribution in [1.29, 1.82) is 0 Å². The number of ether oxygens (including phenoxy) is 1. The molecule has 0 saturated carbocycles. The van der Waals surface area contributed by atoms with Crippen LogP contribution in [-0.2, 0) is 6.54 Å². The summed E-state index contributed by atoms with van der Waals surface area (Å²) in [5.41, 5.74) is 0.994. The lowest BCUT2D eigenvalue weighted by molar-refractivity contribution is 0.296. The Bertz CT molecular complexity index is 563. The molecule has 0 spiro atoms. The van der Waals surface area contributed by atoms with Gasteiger partial charge in [0.05, 0.1) is 22.0 Å². The van der Waals surface area contributed by atoms with Crippen molar-refractivity contribution < 1.29 is 4.74 Å². The highest BCUT2D eigenvalue weighted by molar-refractivity contribution is 9.10. The van der Waals surface area contributed by atoms with Crippen molar-refractivity contribution in [2.45, 2.75) is 13.5 Å². The van der Waals surface area contributed by atoms with E-state index in [1.807, 2.05) is 23.7 Å². The lowest BCUT2D eigenvalue weighted by atomic mass is 10.0. The van der Waals surface area contributed by atoms with E-state index in [0.717, 1.165) is 40.8 Å². The number of rotatable bonds is 4. The minimum absolute atomic E-state index is 0.662. The predicted octanol–water partition coefficient (Wildman–Crippen LogP) is 2.42. The van der Waals surface area contributed by atoms with Crippen LogP contribution in [0.1, 0.15) is 6.92 Å². The number of nitrogens with zero attached hydrogens (tertiary/aromatic N) is 2. The summed E-state index contributed by atoms with van der Waals surface area (Å²) in [6, 6.07) is 4.02. The first kappa shape index (κ1) is 12.0. The van der Waals surface area contributed by atoms with Crippen molar-refractivity contribution in [3.63, 3.8) is 0 Å². The molecule has 1 aliphatic heterocycles. The van der Waals surface area contributed by atoms with Crippen LogP contribution >= 0.6 is 15.9 Å². The van der Waals surface area contributed by atoms with Crippen LogP contribution in [0.25, 0.3) is 10.9 Å². The third-order valence-corrected chi connectivity index (χ3v) is 3.86. The van der Waals surface area contributed by atoms with Crippen molar-refractivity contribution in [2.75, 3.05) is 19.7 Å². The van der Waals surface area contributed by atoms with Crippen LogP contribution in [0.15, 0.2) is 22.8 Å². The molecular formula is C13H16BrN3O. The van der Waals surface area contributed by atoms with Gasteiger partial charge >= 0.3 is 0 Å². The smallest absolute Gasteiger partial charge is 0.144 e. The van der Waals surface area contributed by atoms with Crippen molar-refractivity contribution in [1.82, 2.24) is 15.1 Å². The average molecular weight is 310 g/mol. The molecule has 0 radical (unpaired) electrons. The zero-order chi connectivity index (χ0) is 12.5. The molecule has 1 aliphatic rings. The van der Waals surface area contributed by atoms with Crippen LogP contribution in [-0.4, -0.2) is 29.5 Å². The summed E-state index contributed by atoms with van der Waals surface area (Å²) in [6.45, 7) is 5.83. The van der Waals surface area contributed by atoms with E-state index in [1.54, 1.807) is 0 Å². The lowest BCUT2D eigenvalue weighted by Crippen LogP contribution is -2.44. The number of benzene rings is 1. The molecule has 4 nitrogen and oxygen atoms in total. The topological polar surface area (TPSA) is 39.1 Å². The van der Waals surface area contributed by atoms with Crippen molar-refractivity contribution in [3.05, 3.63) is 22.8 Å². The molecule has 96 valence electrons. The van der Waals surface area contributed by atoms with Crippen LogP contribution in [0.3, 0.4) is 0 Å². The van der Waals surface area contributed by atoms with E-state index in [1.165, 1.54) is 0 Å². The second-order valence-electron chi connectivity index (χ2n) is 4.62. The van der Waals surface area contributed by atoms with Gasteiger partial charge in [-0.05, 0) is 35.0 Å². The number of hydrogen-bond acceptors (Lipinski definition) is 3. The molecule has 2 heterocycles. The number of aromatic nitrogens is 2. The van der Waals surface area contributed by atoms with E-state index >= 15 is 0 Å². The van der Waals surface area contributed by atoms with E-state index in [4.69, 9.17) is 4.74 Å². The Morgan fingerprint density at radius 1 is 1.50 bits per heavy atom. The quantitative estimate of drug-likeness (QED) is 0.942. The lowest BCUT2D eigenvalue weighted by Gasteiger charge is -2.26. The van der Waals surface area contributed by atoms with Crippen molar-refractivity contribution in [2.24, 2.45) is 5.92 Å².